The zero-order valence-corrected chi connectivity index (χ0v) is 13.3. The van der Waals surface area contributed by atoms with Crippen molar-refractivity contribution >= 4 is 34.6 Å². The fourth-order valence-corrected chi connectivity index (χ4v) is 3.46. The summed E-state index contributed by atoms with van der Waals surface area (Å²) in [5, 5.41) is 0.324. The molecule has 0 unspecified atom stereocenters. The van der Waals surface area contributed by atoms with Crippen LogP contribution in [0, 0.1) is 5.82 Å². The summed E-state index contributed by atoms with van der Waals surface area (Å²) in [5.41, 5.74) is 7.54. The molecule has 1 heterocycles. The predicted molar refractivity (Wildman–Crippen MR) is 84.5 cm³/mol. The van der Waals surface area contributed by atoms with Crippen LogP contribution in [0.3, 0.4) is 0 Å². The molecule has 0 spiro atoms. The van der Waals surface area contributed by atoms with Gasteiger partial charge in [0.2, 0.25) is 0 Å². The van der Waals surface area contributed by atoms with Crippen LogP contribution in [0.1, 0.15) is 29.1 Å². The average Bonchev–Trinajstić information content (AvgIpc) is 2.76. The molecule has 0 aliphatic heterocycles. The predicted octanol–water partition coefficient (Wildman–Crippen LogP) is 4.53. The van der Waals surface area contributed by atoms with Crippen LogP contribution in [0.2, 0.25) is 5.02 Å². The summed E-state index contributed by atoms with van der Waals surface area (Å²) in [4.78, 5) is 12.9. The third kappa shape index (κ3) is 3.04. The summed E-state index contributed by atoms with van der Waals surface area (Å²) in [7, 11) is 0. The van der Waals surface area contributed by atoms with E-state index in [9.17, 15) is 9.18 Å². The van der Waals surface area contributed by atoms with Gasteiger partial charge < -0.3 is 10.5 Å². The van der Waals surface area contributed by atoms with E-state index in [2.05, 4.69) is 0 Å². The highest BCUT2D eigenvalue weighted by molar-refractivity contribution is 7.18. The lowest BCUT2D eigenvalue weighted by molar-refractivity contribution is 0.0533. The number of carbonyl (C=O) groups excluding carboxylic acids is 1. The number of hydrogen-bond acceptors (Lipinski definition) is 4. The first-order valence-corrected chi connectivity index (χ1v) is 7.72. The molecular formula is C15H15ClFNO2S. The number of carbonyl (C=O) groups is 1. The van der Waals surface area contributed by atoms with Gasteiger partial charge in [-0.15, -0.1) is 11.3 Å². The Morgan fingerprint density at radius 3 is 2.71 bits per heavy atom. The van der Waals surface area contributed by atoms with Crippen molar-refractivity contribution in [1.29, 1.82) is 0 Å². The molecule has 0 bridgehead atoms. The monoisotopic (exact) mass is 327 g/mol. The molecule has 112 valence electrons. The molecule has 0 saturated heterocycles. The van der Waals surface area contributed by atoms with Gasteiger partial charge in [0.15, 0.2) is 0 Å². The van der Waals surface area contributed by atoms with Gasteiger partial charge in [0.25, 0.3) is 0 Å². The van der Waals surface area contributed by atoms with Crippen molar-refractivity contribution in [3.8, 4) is 10.4 Å². The summed E-state index contributed by atoms with van der Waals surface area (Å²) >= 11 is 6.92. The molecule has 0 saturated carbocycles. The smallest absolute Gasteiger partial charge is 0.350 e. The second-order valence-corrected chi connectivity index (χ2v) is 5.81. The second kappa shape index (κ2) is 6.45. The molecule has 0 fully saturated rings. The Balaban J connectivity index is 2.58. The Morgan fingerprint density at radius 1 is 1.43 bits per heavy atom. The average molecular weight is 328 g/mol. The topological polar surface area (TPSA) is 52.3 Å². The fraction of sp³-hybridized carbons (Fsp3) is 0.267. The lowest BCUT2D eigenvalue weighted by atomic mass is 10.1. The molecule has 21 heavy (non-hydrogen) atoms. The molecule has 0 radical (unpaired) electrons. The van der Waals surface area contributed by atoms with E-state index in [0.717, 1.165) is 16.9 Å². The van der Waals surface area contributed by atoms with Crippen molar-refractivity contribution in [2.45, 2.75) is 20.3 Å². The van der Waals surface area contributed by atoms with Crippen molar-refractivity contribution in [3.63, 3.8) is 0 Å². The van der Waals surface area contributed by atoms with Gasteiger partial charge in [-0.25, -0.2) is 9.18 Å². The first-order chi connectivity index (χ1) is 9.99. The normalized spacial score (nSPS) is 10.7. The van der Waals surface area contributed by atoms with E-state index in [1.165, 1.54) is 6.07 Å². The van der Waals surface area contributed by atoms with E-state index in [4.69, 9.17) is 22.1 Å². The summed E-state index contributed by atoms with van der Waals surface area (Å²) in [6.07, 6.45) is 0.596. The number of nitrogens with two attached hydrogens (primary N) is 1. The van der Waals surface area contributed by atoms with Crippen LogP contribution in [-0.4, -0.2) is 12.6 Å². The van der Waals surface area contributed by atoms with E-state index >= 15 is 0 Å². The number of ether oxygens (including phenoxy) is 1. The molecule has 6 heteroatoms. The Kier molecular flexibility index (Phi) is 4.85. The minimum Gasteiger partial charge on any atom is -0.462 e. The van der Waals surface area contributed by atoms with Crippen LogP contribution < -0.4 is 5.73 Å². The van der Waals surface area contributed by atoms with E-state index in [-0.39, 0.29) is 6.61 Å². The molecule has 2 rings (SSSR count). The molecule has 2 N–H and O–H groups in total. The third-order valence-electron chi connectivity index (χ3n) is 3.04. The van der Waals surface area contributed by atoms with Crippen LogP contribution in [0.25, 0.3) is 10.4 Å². The summed E-state index contributed by atoms with van der Waals surface area (Å²) in [6, 6.07) is 4.45. The lowest BCUT2D eigenvalue weighted by Crippen LogP contribution is -2.05. The minimum atomic E-state index is -0.477. The number of nitrogen functional groups attached to an aromatic ring is 1. The molecule has 0 aliphatic carbocycles. The standard InChI is InChI=1S/C15H15ClFNO2S/c1-3-9-12(18)14(15(19)20-4-2)21-13(9)10-6-5-8(16)7-11(10)17/h5-7H,3-4,18H2,1-2H3. The van der Waals surface area contributed by atoms with Gasteiger partial charge in [0.1, 0.15) is 10.7 Å². The molecule has 0 atom stereocenters. The molecule has 0 aliphatic rings. The molecule has 0 amide bonds. The van der Waals surface area contributed by atoms with Gasteiger partial charge in [-0.05, 0) is 37.1 Å². The van der Waals surface area contributed by atoms with Crippen LogP contribution in [0.5, 0.6) is 0 Å². The van der Waals surface area contributed by atoms with Gasteiger partial charge in [-0.2, -0.15) is 0 Å². The molecule has 1 aromatic heterocycles. The lowest BCUT2D eigenvalue weighted by Gasteiger charge is -2.04. The quantitative estimate of drug-likeness (QED) is 0.839. The Hall–Kier alpha value is -1.59. The maximum atomic E-state index is 14.1. The Morgan fingerprint density at radius 2 is 2.14 bits per heavy atom. The number of halogens is 2. The highest BCUT2D eigenvalue weighted by atomic mass is 35.5. The van der Waals surface area contributed by atoms with E-state index in [0.29, 0.717) is 32.4 Å². The van der Waals surface area contributed by atoms with E-state index < -0.39 is 11.8 Å². The highest BCUT2D eigenvalue weighted by Gasteiger charge is 2.23. The van der Waals surface area contributed by atoms with Gasteiger partial charge in [-0.1, -0.05) is 18.5 Å². The number of benzene rings is 1. The summed E-state index contributed by atoms with van der Waals surface area (Å²) in [5.74, 6) is -0.913. The first kappa shape index (κ1) is 15.8. The fourth-order valence-electron chi connectivity index (χ4n) is 2.07. The summed E-state index contributed by atoms with van der Waals surface area (Å²) in [6.45, 7) is 3.90. The van der Waals surface area contributed by atoms with Gasteiger partial charge in [0, 0.05) is 15.5 Å². The second-order valence-electron chi connectivity index (χ2n) is 4.35. The molecule has 2 aromatic rings. The molecular weight excluding hydrogens is 313 g/mol. The van der Waals surface area contributed by atoms with Crippen LogP contribution >= 0.6 is 22.9 Å². The van der Waals surface area contributed by atoms with Crippen molar-refractivity contribution < 1.29 is 13.9 Å². The van der Waals surface area contributed by atoms with Crippen molar-refractivity contribution in [2.75, 3.05) is 12.3 Å². The zero-order valence-electron chi connectivity index (χ0n) is 11.7. The van der Waals surface area contributed by atoms with Crippen molar-refractivity contribution in [1.82, 2.24) is 0 Å². The maximum Gasteiger partial charge on any atom is 0.350 e. The zero-order chi connectivity index (χ0) is 15.6. The van der Waals surface area contributed by atoms with Crippen molar-refractivity contribution in [3.05, 3.63) is 39.5 Å². The van der Waals surface area contributed by atoms with E-state index in [1.54, 1.807) is 19.1 Å². The third-order valence-corrected chi connectivity index (χ3v) is 4.53. The number of anilines is 1. The van der Waals surface area contributed by atoms with Crippen LogP contribution in [0.4, 0.5) is 10.1 Å². The first-order valence-electron chi connectivity index (χ1n) is 6.53. The summed E-state index contributed by atoms with van der Waals surface area (Å²) < 4.78 is 19.1. The number of hydrogen-bond donors (Lipinski definition) is 1. The number of rotatable bonds is 4. The van der Waals surface area contributed by atoms with Gasteiger partial charge in [0.05, 0.1) is 12.3 Å². The highest BCUT2D eigenvalue weighted by Crippen LogP contribution is 2.40. The molecule has 1 aromatic carbocycles. The van der Waals surface area contributed by atoms with Gasteiger partial charge >= 0.3 is 5.97 Å². The maximum absolute atomic E-state index is 14.1. The van der Waals surface area contributed by atoms with Gasteiger partial charge in [-0.3, -0.25) is 0 Å². The molecule has 3 nitrogen and oxygen atoms in total. The Labute approximate surface area is 131 Å². The largest absolute Gasteiger partial charge is 0.462 e. The minimum absolute atomic E-state index is 0.266. The van der Waals surface area contributed by atoms with Crippen LogP contribution in [0.15, 0.2) is 18.2 Å². The number of esters is 1. The van der Waals surface area contributed by atoms with Crippen LogP contribution in [-0.2, 0) is 11.2 Å². The SMILES string of the molecule is CCOC(=O)c1sc(-c2ccc(Cl)cc2F)c(CC)c1N. The van der Waals surface area contributed by atoms with E-state index in [1.807, 2.05) is 6.92 Å². The van der Waals surface area contributed by atoms with Crippen molar-refractivity contribution in [2.24, 2.45) is 0 Å². The number of thiophene rings is 1. The Bertz CT molecular complexity index is 685.